The Morgan fingerprint density at radius 2 is 1.86 bits per heavy atom. The normalized spacial score (nSPS) is 16.5. The minimum Gasteiger partial charge on any atom is -0.387 e. The van der Waals surface area contributed by atoms with E-state index >= 15 is 0 Å². The summed E-state index contributed by atoms with van der Waals surface area (Å²) in [6.07, 6.45) is 0. The second-order valence-electron chi connectivity index (χ2n) is 6.24. The van der Waals surface area contributed by atoms with Crippen molar-refractivity contribution in [2.75, 3.05) is 26.2 Å². The molecule has 4 rings (SSSR count). The third-order valence-electron chi connectivity index (χ3n) is 4.46. The van der Waals surface area contributed by atoms with E-state index in [9.17, 15) is 17.6 Å². The van der Waals surface area contributed by atoms with Gasteiger partial charge in [0.05, 0.1) is 4.88 Å². The second-order valence-corrected chi connectivity index (χ2v) is 9.10. The number of hydrogen-bond acceptors (Lipinski definition) is 7. The Labute approximate surface area is 164 Å². The number of halogens is 1. The van der Waals surface area contributed by atoms with Gasteiger partial charge in [-0.25, -0.2) is 17.6 Å². The summed E-state index contributed by atoms with van der Waals surface area (Å²) in [5, 5.41) is 6.06. The molecule has 8 nitrogen and oxygen atoms in total. The third kappa shape index (κ3) is 3.65. The van der Waals surface area contributed by atoms with E-state index in [0.29, 0.717) is 13.1 Å². The molecule has 1 saturated heterocycles. The molecule has 0 N–H and O–H groups in total. The number of thiophene rings is 1. The zero-order chi connectivity index (χ0) is 19.7. The predicted octanol–water partition coefficient (Wildman–Crippen LogP) is 1.67. The lowest BCUT2D eigenvalue weighted by Gasteiger charge is -2.33. The molecule has 1 fully saturated rings. The quantitative estimate of drug-likeness (QED) is 0.619. The number of nitrogens with zero attached hydrogens (tertiary/aromatic N) is 4. The molecule has 11 heteroatoms. The lowest BCUT2D eigenvalue weighted by atomic mass is 10.3. The monoisotopic (exact) mass is 424 g/mol. The van der Waals surface area contributed by atoms with E-state index in [4.69, 9.17) is 4.42 Å². The van der Waals surface area contributed by atoms with Crippen molar-refractivity contribution in [3.05, 3.63) is 58.1 Å². The van der Waals surface area contributed by atoms with Crippen LogP contribution in [0.1, 0.15) is 0 Å². The molecule has 0 spiro atoms. The Balaban J connectivity index is 1.43. The second kappa shape index (κ2) is 7.59. The average Bonchev–Trinajstić information content (AvgIpc) is 3.33. The van der Waals surface area contributed by atoms with E-state index in [-0.39, 0.29) is 30.5 Å². The van der Waals surface area contributed by atoms with Crippen molar-refractivity contribution in [3.63, 3.8) is 0 Å². The number of hydrogen-bond donors (Lipinski definition) is 0. The lowest BCUT2D eigenvalue weighted by Crippen LogP contribution is -2.49. The summed E-state index contributed by atoms with van der Waals surface area (Å²) in [5.74, 6) is -1.06. The summed E-state index contributed by atoms with van der Waals surface area (Å²) in [6.45, 7) is 1.37. The van der Waals surface area contributed by atoms with Gasteiger partial charge in [0.1, 0.15) is 17.4 Å². The van der Waals surface area contributed by atoms with Crippen LogP contribution in [0, 0.1) is 5.82 Å². The zero-order valence-electron chi connectivity index (χ0n) is 14.7. The van der Waals surface area contributed by atoms with Gasteiger partial charge < -0.3 is 4.42 Å². The molecule has 0 radical (unpaired) electrons. The van der Waals surface area contributed by atoms with Crippen LogP contribution in [0.15, 0.2) is 55.9 Å². The summed E-state index contributed by atoms with van der Waals surface area (Å²) >= 11 is 1.42. The van der Waals surface area contributed by atoms with Crippen LogP contribution in [0.4, 0.5) is 4.39 Å². The number of sulfonamides is 1. The molecule has 28 heavy (non-hydrogen) atoms. The van der Waals surface area contributed by atoms with E-state index in [1.165, 1.54) is 38.5 Å². The van der Waals surface area contributed by atoms with Crippen LogP contribution in [0.5, 0.6) is 0 Å². The molecular weight excluding hydrogens is 407 g/mol. The number of piperazine rings is 1. The summed E-state index contributed by atoms with van der Waals surface area (Å²) in [7, 11) is -3.89. The van der Waals surface area contributed by atoms with Crippen molar-refractivity contribution in [2.24, 2.45) is 0 Å². The van der Waals surface area contributed by atoms with E-state index in [1.54, 1.807) is 0 Å². The first-order valence-corrected chi connectivity index (χ1v) is 10.9. The Bertz CT molecular complexity index is 1120. The standard InChI is InChI=1S/C17H17FN4O4S2/c18-13-4-1-2-6-15(13)28(24,25)21-9-7-20(8-10-21)12-22-17(23)26-16(19-22)14-5-3-11-27-14/h1-6,11H,7-10,12H2. The van der Waals surface area contributed by atoms with Crippen molar-refractivity contribution in [3.8, 4) is 10.8 Å². The molecule has 0 saturated carbocycles. The van der Waals surface area contributed by atoms with E-state index < -0.39 is 21.6 Å². The van der Waals surface area contributed by atoms with Gasteiger partial charge in [0.2, 0.25) is 10.0 Å². The van der Waals surface area contributed by atoms with Crippen molar-refractivity contribution in [1.29, 1.82) is 0 Å². The molecule has 0 atom stereocenters. The first kappa shape index (κ1) is 19.0. The third-order valence-corrected chi connectivity index (χ3v) is 7.25. The highest BCUT2D eigenvalue weighted by Crippen LogP contribution is 2.22. The zero-order valence-corrected chi connectivity index (χ0v) is 16.3. The van der Waals surface area contributed by atoms with E-state index in [1.807, 2.05) is 22.4 Å². The number of benzene rings is 1. The summed E-state index contributed by atoms with van der Waals surface area (Å²) < 4.78 is 46.8. The largest absolute Gasteiger partial charge is 0.438 e. The molecule has 0 aliphatic carbocycles. The highest BCUT2D eigenvalue weighted by molar-refractivity contribution is 7.89. The van der Waals surface area contributed by atoms with Gasteiger partial charge in [0.25, 0.3) is 5.89 Å². The maximum atomic E-state index is 13.9. The van der Waals surface area contributed by atoms with Crippen LogP contribution in [-0.4, -0.2) is 53.6 Å². The summed E-state index contributed by atoms with van der Waals surface area (Å²) in [6, 6.07) is 8.99. The molecule has 3 heterocycles. The SMILES string of the molecule is O=c1oc(-c2cccs2)nn1CN1CCN(S(=O)(=O)c2ccccc2F)CC1. The number of rotatable bonds is 5. The topological polar surface area (TPSA) is 88.7 Å². The lowest BCUT2D eigenvalue weighted by molar-refractivity contribution is 0.141. The van der Waals surface area contributed by atoms with Gasteiger partial charge in [-0.1, -0.05) is 18.2 Å². The van der Waals surface area contributed by atoms with Gasteiger partial charge in [-0.2, -0.15) is 8.99 Å². The molecule has 1 aliphatic heterocycles. The van der Waals surface area contributed by atoms with Gasteiger partial charge in [-0.05, 0) is 23.6 Å². The molecule has 0 unspecified atom stereocenters. The maximum Gasteiger partial charge on any atom is 0.438 e. The fourth-order valence-electron chi connectivity index (χ4n) is 2.99. The molecule has 148 valence electrons. The van der Waals surface area contributed by atoms with Gasteiger partial charge in [0, 0.05) is 26.2 Å². The van der Waals surface area contributed by atoms with Crippen molar-refractivity contribution >= 4 is 21.4 Å². The first-order valence-electron chi connectivity index (χ1n) is 8.54. The molecule has 1 aliphatic rings. The first-order chi connectivity index (χ1) is 13.4. The van der Waals surface area contributed by atoms with Crippen LogP contribution in [0.2, 0.25) is 0 Å². The van der Waals surface area contributed by atoms with Gasteiger partial charge in [-0.3, -0.25) is 4.90 Å². The number of aromatic nitrogens is 2. The van der Waals surface area contributed by atoms with Crippen molar-refractivity contribution in [2.45, 2.75) is 11.6 Å². The van der Waals surface area contributed by atoms with Crippen LogP contribution < -0.4 is 5.76 Å². The average molecular weight is 424 g/mol. The smallest absolute Gasteiger partial charge is 0.387 e. The maximum absolute atomic E-state index is 13.9. The van der Waals surface area contributed by atoms with Crippen LogP contribution in [0.3, 0.4) is 0 Å². The van der Waals surface area contributed by atoms with Crippen molar-refractivity contribution < 1.29 is 17.2 Å². The fraction of sp³-hybridized carbons (Fsp3) is 0.294. The van der Waals surface area contributed by atoms with E-state index in [0.717, 1.165) is 10.9 Å². The Morgan fingerprint density at radius 1 is 1.11 bits per heavy atom. The van der Waals surface area contributed by atoms with Crippen LogP contribution in [0.25, 0.3) is 10.8 Å². The molecular formula is C17H17FN4O4S2. The Morgan fingerprint density at radius 3 is 2.54 bits per heavy atom. The van der Waals surface area contributed by atoms with Crippen LogP contribution in [-0.2, 0) is 16.7 Å². The molecule has 3 aromatic rings. The van der Waals surface area contributed by atoms with Gasteiger partial charge in [-0.15, -0.1) is 16.4 Å². The van der Waals surface area contributed by atoms with Crippen molar-refractivity contribution in [1.82, 2.24) is 19.0 Å². The summed E-state index contributed by atoms with van der Waals surface area (Å²) in [4.78, 5) is 14.4. The fourth-order valence-corrected chi connectivity index (χ4v) is 5.12. The molecule has 0 amide bonds. The van der Waals surface area contributed by atoms with E-state index in [2.05, 4.69) is 5.10 Å². The molecule has 2 aromatic heterocycles. The highest BCUT2D eigenvalue weighted by Gasteiger charge is 2.30. The summed E-state index contributed by atoms with van der Waals surface area (Å²) in [5.41, 5.74) is 0. The van der Waals surface area contributed by atoms with Crippen LogP contribution >= 0.6 is 11.3 Å². The minimum atomic E-state index is -3.89. The Hall–Kier alpha value is -2.34. The predicted molar refractivity (Wildman–Crippen MR) is 101 cm³/mol. The van der Waals surface area contributed by atoms with Gasteiger partial charge in [0.15, 0.2) is 0 Å². The minimum absolute atomic E-state index is 0.195. The molecule has 0 bridgehead atoms. The Kier molecular flexibility index (Phi) is 5.15. The molecule has 1 aromatic carbocycles. The van der Waals surface area contributed by atoms with Gasteiger partial charge >= 0.3 is 5.76 Å². The highest BCUT2D eigenvalue weighted by atomic mass is 32.2.